The number of carbonyl (C=O) groups excluding carboxylic acids is 1. The molecule has 1 heterocycles. The molecule has 2 nitrogen and oxygen atoms in total. The minimum atomic E-state index is -0.632. The standard InChI is InChI=1S/C6H9BrO2/c1-5(8)6(7)3-2-4-9-6/h2-4H2,1H3. The first-order chi connectivity index (χ1) is 4.15. The first kappa shape index (κ1) is 7.22. The van der Waals surface area contributed by atoms with Crippen molar-refractivity contribution in [1.82, 2.24) is 0 Å². The van der Waals surface area contributed by atoms with E-state index in [1.54, 1.807) is 6.92 Å². The van der Waals surface area contributed by atoms with Gasteiger partial charge >= 0.3 is 0 Å². The van der Waals surface area contributed by atoms with Crippen LogP contribution in [0.1, 0.15) is 19.8 Å². The molecule has 0 saturated carbocycles. The summed E-state index contributed by atoms with van der Waals surface area (Å²) < 4.78 is 4.54. The quantitative estimate of drug-likeness (QED) is 0.589. The van der Waals surface area contributed by atoms with Gasteiger partial charge in [0, 0.05) is 6.61 Å². The molecular weight excluding hydrogens is 184 g/mol. The lowest BCUT2D eigenvalue weighted by Gasteiger charge is -2.15. The van der Waals surface area contributed by atoms with E-state index in [2.05, 4.69) is 15.9 Å². The summed E-state index contributed by atoms with van der Waals surface area (Å²) >= 11 is 3.24. The first-order valence-electron chi connectivity index (χ1n) is 2.99. The molecule has 1 aliphatic rings. The minimum Gasteiger partial charge on any atom is -0.356 e. The fraction of sp³-hybridized carbons (Fsp3) is 0.833. The summed E-state index contributed by atoms with van der Waals surface area (Å²) in [7, 11) is 0. The Morgan fingerprint density at radius 2 is 2.44 bits per heavy atom. The molecular formula is C6H9BrO2. The van der Waals surface area contributed by atoms with Gasteiger partial charge in [0.25, 0.3) is 0 Å². The third-order valence-electron chi connectivity index (χ3n) is 1.50. The zero-order valence-corrected chi connectivity index (χ0v) is 6.90. The van der Waals surface area contributed by atoms with Crippen molar-refractivity contribution in [1.29, 1.82) is 0 Å². The van der Waals surface area contributed by atoms with E-state index in [0.29, 0.717) is 6.61 Å². The predicted molar refractivity (Wildman–Crippen MR) is 37.5 cm³/mol. The maximum absolute atomic E-state index is 10.8. The maximum atomic E-state index is 10.8. The van der Waals surface area contributed by atoms with E-state index in [0.717, 1.165) is 12.8 Å². The van der Waals surface area contributed by atoms with Crippen LogP contribution in [0, 0.1) is 0 Å². The van der Waals surface area contributed by atoms with Crippen molar-refractivity contribution in [3.63, 3.8) is 0 Å². The molecule has 1 saturated heterocycles. The Morgan fingerprint density at radius 1 is 1.78 bits per heavy atom. The van der Waals surface area contributed by atoms with Gasteiger partial charge in [-0.25, -0.2) is 0 Å². The molecule has 0 radical (unpaired) electrons. The molecule has 9 heavy (non-hydrogen) atoms. The Kier molecular flexibility index (Phi) is 1.91. The first-order valence-corrected chi connectivity index (χ1v) is 3.78. The Labute approximate surface area is 62.7 Å². The fourth-order valence-corrected chi connectivity index (χ4v) is 1.33. The van der Waals surface area contributed by atoms with E-state index in [9.17, 15) is 4.79 Å². The van der Waals surface area contributed by atoms with Crippen LogP contribution in [0.2, 0.25) is 0 Å². The Balaban J connectivity index is 2.61. The summed E-state index contributed by atoms with van der Waals surface area (Å²) in [6.07, 6.45) is 1.78. The van der Waals surface area contributed by atoms with Crippen molar-refractivity contribution < 1.29 is 9.53 Å². The second-order valence-electron chi connectivity index (χ2n) is 2.24. The molecule has 0 aliphatic carbocycles. The molecule has 0 aromatic carbocycles. The van der Waals surface area contributed by atoms with Crippen LogP contribution in [-0.2, 0) is 9.53 Å². The zero-order valence-electron chi connectivity index (χ0n) is 5.32. The minimum absolute atomic E-state index is 0.0694. The number of rotatable bonds is 1. The topological polar surface area (TPSA) is 26.3 Å². The molecule has 0 spiro atoms. The smallest absolute Gasteiger partial charge is 0.180 e. The van der Waals surface area contributed by atoms with Gasteiger partial charge in [-0.3, -0.25) is 4.79 Å². The van der Waals surface area contributed by atoms with Crippen LogP contribution >= 0.6 is 15.9 Å². The molecule has 0 aromatic rings. The van der Waals surface area contributed by atoms with Gasteiger partial charge in [-0.05, 0) is 35.7 Å². The number of hydrogen-bond acceptors (Lipinski definition) is 2. The number of ether oxygens (including phenoxy) is 1. The highest BCUT2D eigenvalue weighted by Crippen LogP contribution is 2.32. The summed E-state index contributed by atoms with van der Waals surface area (Å²) in [5.41, 5.74) is 0. The van der Waals surface area contributed by atoms with Gasteiger partial charge in [-0.15, -0.1) is 0 Å². The van der Waals surface area contributed by atoms with Crippen molar-refractivity contribution in [2.75, 3.05) is 6.61 Å². The molecule has 1 fully saturated rings. The van der Waals surface area contributed by atoms with Crippen molar-refractivity contribution >= 4 is 21.7 Å². The van der Waals surface area contributed by atoms with Gasteiger partial charge in [0.15, 0.2) is 10.3 Å². The highest BCUT2D eigenvalue weighted by atomic mass is 79.9. The molecule has 0 bridgehead atoms. The van der Waals surface area contributed by atoms with Crippen LogP contribution in [0.15, 0.2) is 0 Å². The van der Waals surface area contributed by atoms with Crippen molar-refractivity contribution in [3.05, 3.63) is 0 Å². The van der Waals surface area contributed by atoms with E-state index in [1.807, 2.05) is 0 Å². The fourth-order valence-electron chi connectivity index (χ4n) is 0.883. The van der Waals surface area contributed by atoms with Gasteiger partial charge < -0.3 is 4.74 Å². The van der Waals surface area contributed by atoms with Crippen LogP contribution in [0.3, 0.4) is 0 Å². The Bertz CT molecular complexity index is 127. The second-order valence-corrected chi connectivity index (χ2v) is 3.52. The highest BCUT2D eigenvalue weighted by Gasteiger charge is 2.36. The summed E-state index contributed by atoms with van der Waals surface area (Å²) in [6.45, 7) is 2.24. The molecule has 0 aromatic heterocycles. The monoisotopic (exact) mass is 192 g/mol. The van der Waals surface area contributed by atoms with E-state index < -0.39 is 4.51 Å². The van der Waals surface area contributed by atoms with Gasteiger partial charge in [0.05, 0.1) is 0 Å². The van der Waals surface area contributed by atoms with Crippen LogP contribution in [0.4, 0.5) is 0 Å². The van der Waals surface area contributed by atoms with E-state index in [1.165, 1.54) is 0 Å². The lowest BCUT2D eigenvalue weighted by Crippen LogP contribution is -2.27. The van der Waals surface area contributed by atoms with Crippen molar-refractivity contribution in [2.45, 2.75) is 24.3 Å². The molecule has 1 unspecified atom stereocenters. The van der Waals surface area contributed by atoms with Crippen LogP contribution in [-0.4, -0.2) is 16.9 Å². The van der Waals surface area contributed by atoms with Crippen molar-refractivity contribution in [2.24, 2.45) is 0 Å². The SMILES string of the molecule is CC(=O)C1(Br)CCCO1. The molecule has 1 aliphatic heterocycles. The van der Waals surface area contributed by atoms with Gasteiger partial charge in [0.1, 0.15) is 0 Å². The lowest BCUT2D eigenvalue weighted by atomic mass is 10.2. The summed E-state index contributed by atoms with van der Waals surface area (Å²) in [4.78, 5) is 10.8. The number of carbonyl (C=O) groups is 1. The third-order valence-corrected chi connectivity index (χ3v) is 2.68. The van der Waals surface area contributed by atoms with E-state index in [4.69, 9.17) is 4.74 Å². The molecule has 1 atom stereocenters. The number of halogens is 1. The average molecular weight is 193 g/mol. The normalized spacial score (nSPS) is 34.9. The Morgan fingerprint density at radius 3 is 2.67 bits per heavy atom. The highest BCUT2D eigenvalue weighted by molar-refractivity contribution is 9.10. The number of hydrogen-bond donors (Lipinski definition) is 0. The molecule has 0 amide bonds. The maximum Gasteiger partial charge on any atom is 0.180 e. The number of alkyl halides is 1. The van der Waals surface area contributed by atoms with Crippen LogP contribution in [0.5, 0.6) is 0 Å². The molecule has 1 rings (SSSR count). The number of Topliss-reactive ketones (excluding diaryl/α,β-unsaturated/α-hetero) is 1. The van der Waals surface area contributed by atoms with Crippen molar-refractivity contribution in [3.8, 4) is 0 Å². The van der Waals surface area contributed by atoms with Gasteiger partial charge in [0.2, 0.25) is 0 Å². The zero-order chi connectivity index (χ0) is 6.91. The summed E-state index contributed by atoms with van der Waals surface area (Å²) in [5.74, 6) is 0.0694. The molecule has 52 valence electrons. The summed E-state index contributed by atoms with van der Waals surface area (Å²) in [5, 5.41) is 0. The largest absolute Gasteiger partial charge is 0.356 e. The number of ketones is 1. The van der Waals surface area contributed by atoms with E-state index in [-0.39, 0.29) is 5.78 Å². The molecule has 3 heteroatoms. The van der Waals surface area contributed by atoms with E-state index >= 15 is 0 Å². The van der Waals surface area contributed by atoms with Crippen LogP contribution < -0.4 is 0 Å². The van der Waals surface area contributed by atoms with Crippen LogP contribution in [0.25, 0.3) is 0 Å². The van der Waals surface area contributed by atoms with Gasteiger partial charge in [-0.2, -0.15) is 0 Å². The Hall–Kier alpha value is 0.110. The van der Waals surface area contributed by atoms with Gasteiger partial charge in [-0.1, -0.05) is 0 Å². The summed E-state index contributed by atoms with van der Waals surface area (Å²) in [6, 6.07) is 0. The molecule has 0 N–H and O–H groups in total. The third kappa shape index (κ3) is 1.33. The average Bonchev–Trinajstić information content (AvgIpc) is 2.16. The second kappa shape index (κ2) is 2.39. The lowest BCUT2D eigenvalue weighted by molar-refractivity contribution is -0.127. The predicted octanol–water partition coefficient (Wildman–Crippen LogP) is 1.48.